The molecule has 1 aromatic carbocycles. The normalized spacial score (nSPS) is 14.9. The average Bonchev–Trinajstić information content (AvgIpc) is 2.18. The molecule has 1 nitrogen and oxygen atoms in total. The zero-order valence-electron chi connectivity index (χ0n) is 9.46. The molecule has 2 heteroatoms. The van der Waals surface area contributed by atoms with Crippen molar-refractivity contribution in [3.63, 3.8) is 0 Å². The van der Waals surface area contributed by atoms with Crippen molar-refractivity contribution in [3.8, 4) is 0 Å². The van der Waals surface area contributed by atoms with E-state index in [2.05, 4.69) is 22.9 Å². The maximum atomic E-state index is 10.4. The smallest absolute Gasteiger partial charge is 0.0879 e. The SMILES string of the molecule is CCCCCC(C)(O)c1ccccc1Br. The summed E-state index contributed by atoms with van der Waals surface area (Å²) >= 11 is 3.48. The third-order valence-corrected chi connectivity index (χ3v) is 3.41. The first-order valence-corrected chi connectivity index (χ1v) is 6.34. The number of unbranched alkanes of at least 4 members (excludes halogenated alkanes) is 2. The summed E-state index contributed by atoms with van der Waals surface area (Å²) in [4.78, 5) is 0. The van der Waals surface area contributed by atoms with E-state index in [4.69, 9.17) is 0 Å². The molecule has 1 atom stereocenters. The number of hydrogen-bond acceptors (Lipinski definition) is 1. The fourth-order valence-corrected chi connectivity index (χ4v) is 2.46. The molecule has 0 spiro atoms. The van der Waals surface area contributed by atoms with Crippen LogP contribution in [0.2, 0.25) is 0 Å². The number of aliphatic hydroxyl groups is 1. The van der Waals surface area contributed by atoms with Crippen LogP contribution in [-0.2, 0) is 5.60 Å². The number of benzene rings is 1. The Hall–Kier alpha value is -0.340. The average molecular weight is 271 g/mol. The molecule has 1 unspecified atom stereocenters. The minimum Gasteiger partial charge on any atom is -0.385 e. The lowest BCUT2D eigenvalue weighted by Crippen LogP contribution is -2.21. The van der Waals surface area contributed by atoms with E-state index < -0.39 is 5.60 Å². The molecule has 0 fully saturated rings. The van der Waals surface area contributed by atoms with Crippen LogP contribution < -0.4 is 0 Å². The maximum absolute atomic E-state index is 10.4. The van der Waals surface area contributed by atoms with Crippen LogP contribution in [0.15, 0.2) is 28.7 Å². The summed E-state index contributed by atoms with van der Waals surface area (Å²) in [6.45, 7) is 4.07. The summed E-state index contributed by atoms with van der Waals surface area (Å²) < 4.78 is 0.992. The number of halogens is 1. The Labute approximate surface area is 101 Å². The molecule has 15 heavy (non-hydrogen) atoms. The highest BCUT2D eigenvalue weighted by Gasteiger charge is 2.24. The fraction of sp³-hybridized carbons (Fsp3) is 0.538. The highest BCUT2D eigenvalue weighted by Crippen LogP contribution is 2.32. The van der Waals surface area contributed by atoms with Gasteiger partial charge >= 0.3 is 0 Å². The summed E-state index contributed by atoms with van der Waals surface area (Å²) in [6, 6.07) is 7.89. The van der Waals surface area contributed by atoms with Gasteiger partial charge in [-0.15, -0.1) is 0 Å². The monoisotopic (exact) mass is 270 g/mol. The minimum atomic E-state index is -0.713. The molecule has 0 aliphatic carbocycles. The molecular formula is C13H19BrO. The second kappa shape index (κ2) is 5.66. The lowest BCUT2D eigenvalue weighted by atomic mass is 9.90. The van der Waals surface area contributed by atoms with Crippen molar-refractivity contribution in [3.05, 3.63) is 34.3 Å². The van der Waals surface area contributed by atoms with Gasteiger partial charge in [0.05, 0.1) is 5.60 Å². The number of hydrogen-bond donors (Lipinski definition) is 1. The predicted octanol–water partition coefficient (Wildman–Crippen LogP) is 4.24. The standard InChI is InChI=1S/C13H19BrO/c1-3-4-7-10-13(2,15)11-8-5-6-9-12(11)14/h5-6,8-9,15H,3-4,7,10H2,1-2H3. The largest absolute Gasteiger partial charge is 0.385 e. The Morgan fingerprint density at radius 3 is 2.53 bits per heavy atom. The first-order valence-electron chi connectivity index (χ1n) is 5.55. The number of rotatable bonds is 5. The molecule has 0 heterocycles. The third kappa shape index (κ3) is 3.62. The Kier molecular flexibility index (Phi) is 4.81. The van der Waals surface area contributed by atoms with Gasteiger partial charge in [-0.05, 0) is 25.0 Å². The van der Waals surface area contributed by atoms with E-state index in [1.165, 1.54) is 12.8 Å². The van der Waals surface area contributed by atoms with Crippen LogP contribution in [-0.4, -0.2) is 5.11 Å². The molecule has 1 aromatic rings. The van der Waals surface area contributed by atoms with Crippen molar-refractivity contribution in [2.75, 3.05) is 0 Å². The van der Waals surface area contributed by atoms with Gasteiger partial charge in [-0.2, -0.15) is 0 Å². The van der Waals surface area contributed by atoms with Crippen molar-refractivity contribution in [2.24, 2.45) is 0 Å². The van der Waals surface area contributed by atoms with Gasteiger partial charge in [-0.1, -0.05) is 60.3 Å². The molecule has 0 amide bonds. The van der Waals surface area contributed by atoms with E-state index in [0.717, 1.165) is 22.9 Å². The third-order valence-electron chi connectivity index (χ3n) is 2.72. The molecule has 0 aliphatic heterocycles. The van der Waals surface area contributed by atoms with Crippen molar-refractivity contribution in [1.29, 1.82) is 0 Å². The molecule has 84 valence electrons. The molecule has 0 radical (unpaired) electrons. The van der Waals surface area contributed by atoms with Crippen LogP contribution in [0.3, 0.4) is 0 Å². The van der Waals surface area contributed by atoms with Crippen LogP contribution in [0, 0.1) is 0 Å². The van der Waals surface area contributed by atoms with Crippen molar-refractivity contribution in [2.45, 2.75) is 45.1 Å². The van der Waals surface area contributed by atoms with E-state index in [9.17, 15) is 5.11 Å². The highest BCUT2D eigenvalue weighted by atomic mass is 79.9. The summed E-state index contributed by atoms with van der Waals surface area (Å²) in [5.41, 5.74) is 0.274. The molecular weight excluding hydrogens is 252 g/mol. The van der Waals surface area contributed by atoms with Gasteiger partial charge in [0.25, 0.3) is 0 Å². The predicted molar refractivity (Wildman–Crippen MR) is 67.9 cm³/mol. The van der Waals surface area contributed by atoms with E-state index in [1.807, 2.05) is 31.2 Å². The zero-order valence-corrected chi connectivity index (χ0v) is 11.0. The van der Waals surface area contributed by atoms with Gasteiger partial charge in [-0.3, -0.25) is 0 Å². The Bertz CT molecular complexity index is 307. The van der Waals surface area contributed by atoms with E-state index in [1.54, 1.807) is 0 Å². The highest BCUT2D eigenvalue weighted by molar-refractivity contribution is 9.10. The summed E-state index contributed by atoms with van der Waals surface area (Å²) in [5.74, 6) is 0. The lowest BCUT2D eigenvalue weighted by Gasteiger charge is -2.25. The van der Waals surface area contributed by atoms with Gasteiger partial charge in [0.1, 0.15) is 0 Å². The van der Waals surface area contributed by atoms with Gasteiger partial charge in [0, 0.05) is 4.47 Å². The van der Waals surface area contributed by atoms with Crippen molar-refractivity contribution < 1.29 is 5.11 Å². The molecule has 0 aromatic heterocycles. The van der Waals surface area contributed by atoms with Gasteiger partial charge in [-0.25, -0.2) is 0 Å². The molecule has 0 bridgehead atoms. The van der Waals surface area contributed by atoms with Crippen LogP contribution in [0.1, 0.15) is 45.1 Å². The van der Waals surface area contributed by atoms with Gasteiger partial charge in [0.2, 0.25) is 0 Å². The molecule has 0 aliphatic rings. The second-order valence-corrected chi connectivity index (χ2v) is 5.07. The fourth-order valence-electron chi connectivity index (χ4n) is 1.75. The molecule has 0 saturated heterocycles. The van der Waals surface area contributed by atoms with Gasteiger partial charge < -0.3 is 5.11 Å². The summed E-state index contributed by atoms with van der Waals surface area (Å²) in [5, 5.41) is 10.4. The van der Waals surface area contributed by atoms with Crippen molar-refractivity contribution >= 4 is 15.9 Å². The van der Waals surface area contributed by atoms with Crippen LogP contribution in [0.5, 0.6) is 0 Å². The Morgan fingerprint density at radius 1 is 1.27 bits per heavy atom. The van der Waals surface area contributed by atoms with Crippen LogP contribution >= 0.6 is 15.9 Å². The van der Waals surface area contributed by atoms with Crippen LogP contribution in [0.25, 0.3) is 0 Å². The molecule has 0 saturated carbocycles. The minimum absolute atomic E-state index is 0.713. The Morgan fingerprint density at radius 2 is 1.93 bits per heavy atom. The first-order chi connectivity index (χ1) is 7.08. The molecule has 1 rings (SSSR count). The van der Waals surface area contributed by atoms with Crippen LogP contribution in [0.4, 0.5) is 0 Å². The zero-order chi connectivity index (χ0) is 11.3. The quantitative estimate of drug-likeness (QED) is 0.794. The van der Waals surface area contributed by atoms with Gasteiger partial charge in [0.15, 0.2) is 0 Å². The van der Waals surface area contributed by atoms with E-state index >= 15 is 0 Å². The van der Waals surface area contributed by atoms with Crippen molar-refractivity contribution in [1.82, 2.24) is 0 Å². The Balaban J connectivity index is 2.72. The summed E-state index contributed by atoms with van der Waals surface area (Å²) in [7, 11) is 0. The molecule has 1 N–H and O–H groups in total. The first kappa shape index (κ1) is 12.7. The topological polar surface area (TPSA) is 20.2 Å². The summed E-state index contributed by atoms with van der Waals surface area (Å²) in [6.07, 6.45) is 4.26. The second-order valence-electron chi connectivity index (χ2n) is 4.21. The van der Waals surface area contributed by atoms with E-state index in [0.29, 0.717) is 0 Å². The maximum Gasteiger partial charge on any atom is 0.0879 e. The van der Waals surface area contributed by atoms with E-state index in [-0.39, 0.29) is 0 Å². The lowest BCUT2D eigenvalue weighted by molar-refractivity contribution is 0.0442.